The first kappa shape index (κ1) is 13.3. The zero-order chi connectivity index (χ0) is 12.8. The van der Waals surface area contributed by atoms with E-state index in [2.05, 4.69) is 11.0 Å². The molecule has 0 aliphatic rings. The highest BCUT2D eigenvalue weighted by atomic mass is 16.2. The van der Waals surface area contributed by atoms with Crippen LogP contribution in [0.15, 0.2) is 12.4 Å². The molecule has 1 rings (SSSR count). The van der Waals surface area contributed by atoms with Crippen molar-refractivity contribution in [2.75, 3.05) is 13.1 Å². The van der Waals surface area contributed by atoms with Gasteiger partial charge in [-0.1, -0.05) is 12.8 Å². The molecule has 5 heteroatoms. The quantitative estimate of drug-likeness (QED) is 0.745. The summed E-state index contributed by atoms with van der Waals surface area (Å²) in [6, 6.07) is -0.691. The van der Waals surface area contributed by atoms with Crippen LogP contribution in [0.4, 0.5) is 0 Å². The lowest BCUT2D eigenvalue weighted by molar-refractivity contribution is -0.132. The summed E-state index contributed by atoms with van der Waals surface area (Å²) < 4.78 is 1.62. The van der Waals surface area contributed by atoms with Crippen molar-refractivity contribution in [1.82, 2.24) is 14.7 Å². The number of terminal acetylenes is 1. The van der Waals surface area contributed by atoms with Crippen molar-refractivity contribution in [3.63, 3.8) is 0 Å². The number of nitrogens with zero attached hydrogens (tertiary/aromatic N) is 3. The highest BCUT2D eigenvalue weighted by Crippen LogP contribution is 2.12. The fraction of sp³-hybridized carbons (Fsp3) is 0.500. The molecule has 0 fully saturated rings. The van der Waals surface area contributed by atoms with Crippen molar-refractivity contribution in [3.05, 3.63) is 18.0 Å². The largest absolute Gasteiger partial charge is 0.330 e. The molecule has 0 aliphatic carbocycles. The molecule has 0 bridgehead atoms. The minimum absolute atomic E-state index is 0.155. The molecule has 1 atom stereocenters. The second kappa shape index (κ2) is 6.06. The maximum Gasteiger partial charge on any atom is 0.244 e. The van der Waals surface area contributed by atoms with Crippen LogP contribution in [0, 0.1) is 12.3 Å². The van der Waals surface area contributed by atoms with Crippen LogP contribution in [0.3, 0.4) is 0 Å². The summed E-state index contributed by atoms with van der Waals surface area (Å²) >= 11 is 0. The number of hydrogen-bond donors (Lipinski definition) is 1. The Morgan fingerprint density at radius 1 is 1.76 bits per heavy atom. The van der Waals surface area contributed by atoms with Gasteiger partial charge in [0.1, 0.15) is 6.04 Å². The van der Waals surface area contributed by atoms with Gasteiger partial charge >= 0.3 is 0 Å². The number of rotatable bonds is 5. The number of nitrogens with two attached hydrogens (primary N) is 1. The van der Waals surface area contributed by atoms with Crippen molar-refractivity contribution in [3.8, 4) is 12.3 Å². The summed E-state index contributed by atoms with van der Waals surface area (Å²) in [5.74, 6) is 2.32. The maximum absolute atomic E-state index is 12.1. The van der Waals surface area contributed by atoms with Crippen molar-refractivity contribution >= 4 is 5.91 Å². The Labute approximate surface area is 102 Å². The lowest BCUT2D eigenvalue weighted by Crippen LogP contribution is -2.39. The Morgan fingerprint density at radius 2 is 2.47 bits per heavy atom. The van der Waals surface area contributed by atoms with Gasteiger partial charge in [0.2, 0.25) is 5.91 Å². The lowest BCUT2D eigenvalue weighted by atomic mass is 10.1. The Morgan fingerprint density at radius 3 is 2.94 bits per heavy atom. The molecule has 1 unspecified atom stereocenters. The van der Waals surface area contributed by atoms with Gasteiger partial charge in [-0.3, -0.25) is 9.48 Å². The molecular formula is C12H18N4O. The van der Waals surface area contributed by atoms with Crippen molar-refractivity contribution < 1.29 is 4.79 Å². The van der Waals surface area contributed by atoms with E-state index in [0.717, 1.165) is 6.42 Å². The summed E-state index contributed by atoms with van der Waals surface area (Å²) in [6.45, 7) is 2.91. The van der Waals surface area contributed by atoms with E-state index in [-0.39, 0.29) is 5.91 Å². The predicted molar refractivity (Wildman–Crippen MR) is 65.8 cm³/mol. The lowest BCUT2D eigenvalue weighted by Gasteiger charge is -2.22. The van der Waals surface area contributed by atoms with Crippen molar-refractivity contribution in [1.29, 1.82) is 0 Å². The Hall–Kier alpha value is -1.80. The van der Waals surface area contributed by atoms with Crippen LogP contribution in [0.5, 0.6) is 0 Å². The average molecular weight is 234 g/mol. The van der Waals surface area contributed by atoms with Crippen molar-refractivity contribution in [2.24, 2.45) is 12.8 Å². The second-order valence-electron chi connectivity index (χ2n) is 3.89. The van der Waals surface area contributed by atoms with Crippen molar-refractivity contribution in [2.45, 2.75) is 19.4 Å². The first-order valence-corrected chi connectivity index (χ1v) is 5.56. The number of aromatic nitrogens is 2. The molecule has 1 amide bonds. The molecule has 17 heavy (non-hydrogen) atoms. The van der Waals surface area contributed by atoms with E-state index in [1.54, 1.807) is 29.0 Å². The molecule has 92 valence electrons. The SMILES string of the molecule is C#CCN(CCC)C(=O)C(N)c1cnn(C)c1. The molecule has 0 radical (unpaired) electrons. The average Bonchev–Trinajstić information content (AvgIpc) is 2.73. The molecule has 1 heterocycles. The number of carbonyl (C=O) groups excluding carboxylic acids is 1. The summed E-state index contributed by atoms with van der Waals surface area (Å²) in [5, 5.41) is 4.00. The minimum atomic E-state index is -0.691. The van der Waals surface area contributed by atoms with Crippen LogP contribution < -0.4 is 5.73 Å². The van der Waals surface area contributed by atoms with E-state index in [1.165, 1.54) is 0 Å². The van der Waals surface area contributed by atoms with E-state index in [0.29, 0.717) is 18.7 Å². The first-order chi connectivity index (χ1) is 8.10. The van der Waals surface area contributed by atoms with Gasteiger partial charge in [0.25, 0.3) is 0 Å². The van der Waals surface area contributed by atoms with E-state index in [4.69, 9.17) is 12.2 Å². The third-order valence-corrected chi connectivity index (χ3v) is 2.44. The number of hydrogen-bond acceptors (Lipinski definition) is 3. The first-order valence-electron chi connectivity index (χ1n) is 5.56. The van der Waals surface area contributed by atoms with Crippen LogP contribution >= 0.6 is 0 Å². The van der Waals surface area contributed by atoms with Crippen LogP contribution in [0.2, 0.25) is 0 Å². The second-order valence-corrected chi connectivity index (χ2v) is 3.89. The fourth-order valence-electron chi connectivity index (χ4n) is 1.59. The fourth-order valence-corrected chi connectivity index (χ4v) is 1.59. The molecule has 0 spiro atoms. The third-order valence-electron chi connectivity index (χ3n) is 2.44. The normalized spacial score (nSPS) is 11.9. The molecule has 0 saturated carbocycles. The highest BCUT2D eigenvalue weighted by Gasteiger charge is 2.22. The van der Waals surface area contributed by atoms with E-state index < -0.39 is 6.04 Å². The Bertz CT molecular complexity index is 418. The molecule has 5 nitrogen and oxygen atoms in total. The summed E-state index contributed by atoms with van der Waals surface area (Å²) in [5.41, 5.74) is 6.60. The minimum Gasteiger partial charge on any atom is -0.330 e. The van der Waals surface area contributed by atoms with E-state index in [1.807, 2.05) is 6.92 Å². The number of aryl methyl sites for hydroxylation is 1. The van der Waals surface area contributed by atoms with Gasteiger partial charge < -0.3 is 10.6 Å². The predicted octanol–water partition coefficient (Wildman–Crippen LogP) is 0.292. The topological polar surface area (TPSA) is 64.2 Å². The Balaban J connectivity index is 2.76. The third kappa shape index (κ3) is 3.33. The number of carbonyl (C=O) groups is 1. The van der Waals surface area contributed by atoms with E-state index in [9.17, 15) is 4.79 Å². The van der Waals surface area contributed by atoms with Crippen LogP contribution in [-0.4, -0.2) is 33.7 Å². The zero-order valence-corrected chi connectivity index (χ0v) is 10.3. The monoisotopic (exact) mass is 234 g/mol. The molecule has 0 aromatic carbocycles. The van der Waals surface area contributed by atoms with Gasteiger partial charge in [0, 0.05) is 25.4 Å². The standard InChI is InChI=1S/C12H18N4O/c1-4-6-16(7-5-2)12(17)11(13)10-8-14-15(3)9-10/h1,8-9,11H,5-7,13H2,2-3H3. The van der Waals surface area contributed by atoms with Gasteiger partial charge in [-0.15, -0.1) is 6.42 Å². The Kier molecular flexibility index (Phi) is 4.73. The maximum atomic E-state index is 12.1. The summed E-state index contributed by atoms with van der Waals surface area (Å²) in [4.78, 5) is 13.7. The van der Waals surface area contributed by atoms with E-state index >= 15 is 0 Å². The summed E-state index contributed by atoms with van der Waals surface area (Å²) in [7, 11) is 1.78. The smallest absolute Gasteiger partial charge is 0.244 e. The zero-order valence-electron chi connectivity index (χ0n) is 10.3. The van der Waals surface area contributed by atoms with Crippen LogP contribution in [0.1, 0.15) is 24.9 Å². The molecule has 1 aromatic heterocycles. The van der Waals surface area contributed by atoms with Gasteiger partial charge in [-0.2, -0.15) is 5.10 Å². The molecular weight excluding hydrogens is 216 g/mol. The van der Waals surface area contributed by atoms with Gasteiger partial charge in [0.15, 0.2) is 0 Å². The highest BCUT2D eigenvalue weighted by molar-refractivity contribution is 5.83. The molecule has 0 aliphatic heterocycles. The molecule has 0 saturated heterocycles. The van der Waals surface area contributed by atoms with Gasteiger partial charge in [-0.25, -0.2) is 0 Å². The van der Waals surface area contributed by atoms with Gasteiger partial charge in [-0.05, 0) is 6.42 Å². The molecule has 1 aromatic rings. The van der Waals surface area contributed by atoms with Crippen LogP contribution in [-0.2, 0) is 11.8 Å². The number of amides is 1. The van der Waals surface area contributed by atoms with Crippen LogP contribution in [0.25, 0.3) is 0 Å². The van der Waals surface area contributed by atoms with Gasteiger partial charge in [0.05, 0.1) is 12.7 Å². The summed E-state index contributed by atoms with van der Waals surface area (Å²) in [6.07, 6.45) is 9.43. The molecule has 2 N–H and O–H groups in total.